The summed E-state index contributed by atoms with van der Waals surface area (Å²) in [6.45, 7) is 1.56. The zero-order chi connectivity index (χ0) is 27.3. The molecule has 7 nitrogen and oxygen atoms in total. The van der Waals surface area contributed by atoms with Crippen LogP contribution in [0.4, 0.5) is 26.4 Å². The number of amides is 1. The van der Waals surface area contributed by atoms with E-state index in [1.165, 1.54) is 18.2 Å². The number of carbonyl (C=O) groups is 1. The number of alkyl halides is 5. The number of rotatable bonds is 6. The van der Waals surface area contributed by atoms with E-state index in [0.29, 0.717) is 0 Å². The molecule has 198 valence electrons. The monoisotopic (exact) mass is 540 g/mol. The minimum absolute atomic E-state index is 0.121. The molecule has 3 aliphatic rings. The largest absolute Gasteiger partial charge is 0.389 e. The second-order valence-corrected chi connectivity index (χ2v) is 11.9. The van der Waals surface area contributed by atoms with E-state index in [4.69, 9.17) is 5.73 Å². The van der Waals surface area contributed by atoms with Crippen molar-refractivity contribution in [1.82, 2.24) is 5.12 Å². The first kappa shape index (κ1) is 26.6. The lowest BCUT2D eigenvalue weighted by atomic mass is 9.73. The second kappa shape index (κ2) is 7.55. The molecule has 1 fully saturated rings. The topological polar surface area (TPSA) is 121 Å². The van der Waals surface area contributed by atoms with E-state index in [-0.39, 0.29) is 12.8 Å². The van der Waals surface area contributed by atoms with Crippen molar-refractivity contribution in [2.75, 3.05) is 5.75 Å². The van der Waals surface area contributed by atoms with Gasteiger partial charge in [-0.25, -0.2) is 21.6 Å². The summed E-state index contributed by atoms with van der Waals surface area (Å²) < 4.78 is 120. The van der Waals surface area contributed by atoms with Crippen molar-refractivity contribution in [3.8, 4) is 0 Å². The van der Waals surface area contributed by atoms with E-state index in [1.54, 1.807) is 0 Å². The van der Waals surface area contributed by atoms with Crippen LogP contribution in [0.3, 0.4) is 0 Å². The summed E-state index contributed by atoms with van der Waals surface area (Å²) in [5.74, 6) is -8.35. The van der Waals surface area contributed by atoms with Crippen LogP contribution in [0.5, 0.6) is 0 Å². The normalized spacial score (nSPS) is 32.0. The van der Waals surface area contributed by atoms with Gasteiger partial charge in [0.05, 0.1) is 22.5 Å². The smallest absolute Gasteiger partial charge is 0.360 e. The molecule has 3 atom stereocenters. The summed E-state index contributed by atoms with van der Waals surface area (Å²) in [5, 5.41) is 14.5. The predicted molar refractivity (Wildman–Crippen MR) is 114 cm³/mol. The number of nitrogens with zero attached hydrogens (tertiary/aromatic N) is 1. The molecule has 0 saturated heterocycles. The Morgan fingerprint density at radius 3 is 2.14 bits per heavy atom. The van der Waals surface area contributed by atoms with Gasteiger partial charge >= 0.3 is 6.05 Å². The van der Waals surface area contributed by atoms with Crippen LogP contribution in [0.15, 0.2) is 47.1 Å². The maximum absolute atomic E-state index is 16.9. The highest BCUT2D eigenvalue weighted by molar-refractivity contribution is 7.93. The van der Waals surface area contributed by atoms with Crippen LogP contribution in [0, 0.1) is 0 Å². The van der Waals surface area contributed by atoms with Gasteiger partial charge in [-0.05, 0) is 42.9 Å². The van der Waals surface area contributed by atoms with Crippen molar-refractivity contribution in [2.45, 2.75) is 60.9 Å². The van der Waals surface area contributed by atoms with Crippen molar-refractivity contribution < 1.29 is 49.9 Å². The molecule has 3 unspecified atom stereocenters. The first-order valence-electron chi connectivity index (χ1n) is 10.7. The van der Waals surface area contributed by atoms with E-state index in [0.717, 1.165) is 26.0 Å². The summed E-state index contributed by atoms with van der Waals surface area (Å²) in [5.41, 5.74) is -6.88. The number of halogens is 6. The molecule has 4 N–H and O–H groups in total. The fraction of sp³-hybridized carbons (Fsp3) is 0.500. The van der Waals surface area contributed by atoms with Crippen molar-refractivity contribution in [1.29, 1.82) is 0 Å². The van der Waals surface area contributed by atoms with Crippen molar-refractivity contribution >= 4 is 21.3 Å². The Kier molecular flexibility index (Phi) is 5.59. The van der Waals surface area contributed by atoms with Gasteiger partial charge in [-0.2, -0.15) is 8.78 Å². The molecule has 1 aliphatic heterocycles. The molecular weight excluding hydrogens is 518 g/mol. The molecule has 0 aromatic heterocycles. The van der Waals surface area contributed by atoms with Gasteiger partial charge in [0.15, 0.2) is 16.0 Å². The van der Waals surface area contributed by atoms with Crippen LogP contribution >= 0.6 is 0 Å². The summed E-state index contributed by atoms with van der Waals surface area (Å²) in [6.07, 6.45) is -4.24. The molecule has 1 amide bonds. The number of hydrogen-bond donors (Lipinski definition) is 3. The Morgan fingerprint density at radius 1 is 1.17 bits per heavy atom. The van der Waals surface area contributed by atoms with Crippen molar-refractivity contribution in [2.24, 2.45) is 5.73 Å². The molecule has 36 heavy (non-hydrogen) atoms. The predicted octanol–water partition coefficient (Wildman–Crippen LogP) is 2.41. The average Bonchev–Trinajstić information content (AvgIpc) is 3.44. The lowest BCUT2D eigenvalue weighted by Gasteiger charge is -2.43. The molecule has 1 heterocycles. The molecule has 2 aliphatic carbocycles. The first-order valence-corrected chi connectivity index (χ1v) is 12.3. The van der Waals surface area contributed by atoms with Crippen LogP contribution in [-0.4, -0.2) is 69.6 Å². The Morgan fingerprint density at radius 2 is 1.69 bits per heavy atom. The van der Waals surface area contributed by atoms with Gasteiger partial charge in [0.2, 0.25) is 0 Å². The quantitative estimate of drug-likeness (QED) is 0.290. The van der Waals surface area contributed by atoms with Crippen LogP contribution in [0.2, 0.25) is 0 Å². The maximum Gasteiger partial charge on any atom is 0.360 e. The zero-order valence-electron chi connectivity index (χ0n) is 18.9. The van der Waals surface area contributed by atoms with Crippen LogP contribution in [-0.2, 0) is 14.6 Å². The molecule has 1 aromatic carbocycles. The first-order chi connectivity index (χ1) is 16.3. The highest BCUT2D eigenvalue weighted by Gasteiger charge is 2.77. The lowest BCUT2D eigenvalue weighted by molar-refractivity contribution is -0.263. The van der Waals surface area contributed by atoms with Gasteiger partial charge in [0.1, 0.15) is 0 Å². The van der Waals surface area contributed by atoms with Gasteiger partial charge in [0, 0.05) is 11.1 Å². The van der Waals surface area contributed by atoms with Crippen molar-refractivity contribution in [3.05, 3.63) is 52.6 Å². The molecule has 1 saturated carbocycles. The summed E-state index contributed by atoms with van der Waals surface area (Å²) >= 11 is 0. The molecule has 1 aromatic rings. The number of primary amides is 1. The Hall–Kier alpha value is -2.42. The molecule has 0 spiro atoms. The molecule has 0 radical (unpaired) electrons. The maximum atomic E-state index is 16.9. The van der Waals surface area contributed by atoms with E-state index in [2.05, 4.69) is 0 Å². The van der Waals surface area contributed by atoms with Gasteiger partial charge in [-0.3, -0.25) is 4.79 Å². The number of aliphatic hydroxyl groups is 2. The second-order valence-electron chi connectivity index (χ2n) is 9.76. The van der Waals surface area contributed by atoms with Gasteiger partial charge in [-0.15, -0.1) is 4.48 Å². The van der Waals surface area contributed by atoms with Crippen molar-refractivity contribution in [3.63, 3.8) is 0 Å². The van der Waals surface area contributed by atoms with Crippen LogP contribution in [0.1, 0.15) is 32.3 Å². The fourth-order valence-corrected chi connectivity index (χ4v) is 7.11. The molecule has 0 bridgehead atoms. The van der Waals surface area contributed by atoms with Crippen LogP contribution in [0.25, 0.3) is 5.57 Å². The summed E-state index contributed by atoms with van der Waals surface area (Å²) in [4.78, 5) is 12.0. The number of carbonyl (C=O) groups excluding carboxylic acids is 1. The van der Waals surface area contributed by atoms with Gasteiger partial charge in [0.25, 0.3) is 16.7 Å². The van der Waals surface area contributed by atoms with E-state index in [9.17, 15) is 27.9 Å². The van der Waals surface area contributed by atoms with E-state index < -0.39 is 88.7 Å². The highest BCUT2D eigenvalue weighted by atomic mass is 32.2. The summed E-state index contributed by atoms with van der Waals surface area (Å²) in [6, 6.07) is 0.578. The van der Waals surface area contributed by atoms with E-state index in [1.807, 2.05) is 0 Å². The third-order valence-corrected chi connectivity index (χ3v) is 8.84. The Balaban J connectivity index is 2.22. The minimum Gasteiger partial charge on any atom is -0.389 e. The Bertz CT molecular complexity index is 1310. The average molecular weight is 540 g/mol. The van der Waals surface area contributed by atoms with Gasteiger partial charge < -0.3 is 15.9 Å². The molecule has 14 heteroatoms. The molecule has 4 rings (SSSR count). The van der Waals surface area contributed by atoms with Crippen LogP contribution < -0.4 is 5.73 Å². The highest BCUT2D eigenvalue weighted by Crippen LogP contribution is 2.63. The number of sulfone groups is 1. The number of hydrogen-bond acceptors (Lipinski definition) is 6. The molecular formula is C22H22F6N2O5S. The number of benzene rings is 1. The lowest BCUT2D eigenvalue weighted by Crippen LogP contribution is -2.57. The fourth-order valence-electron chi connectivity index (χ4n) is 4.81. The third kappa shape index (κ3) is 3.37. The number of nitrogens with two attached hydrogens (primary N) is 1. The minimum atomic E-state index is -5.62. The third-order valence-electron chi connectivity index (χ3n) is 6.60. The van der Waals surface area contributed by atoms with E-state index >= 15 is 22.0 Å². The van der Waals surface area contributed by atoms with Gasteiger partial charge in [-0.1, -0.05) is 30.3 Å². The standard InChI is InChI=1S/C22H22F6N2O5S/c1-18(2,32)15-12(11-6-4-3-5-7-11)13-14(22(26,27)30(28)20(13,24)17(29)31)16(23)21(15,25)36(34,35)10-19(33)8-9-19/h3-7,16,32-33H,8-10H2,1-2H3,(H2,29,31). The summed E-state index contributed by atoms with van der Waals surface area (Å²) in [7, 11) is -5.62. The zero-order valence-corrected chi connectivity index (χ0v) is 19.7. The SMILES string of the molecule is CC(C)(O)C1=C(c2ccccc2)C2=C(C(F)C1(F)S(=O)(=O)CC1(O)CC1)C(F)(F)N(F)C2(F)C(N)=O. The Labute approximate surface area is 201 Å².